The molecule has 3 heterocycles. The minimum atomic E-state index is 1.25. The minimum Gasteiger partial charge on any atom is -0.166 e. The molecule has 3 saturated heterocycles. The Kier molecular flexibility index (Phi) is 4.22. The van der Waals surface area contributed by atoms with Crippen LogP contribution in [0.2, 0.25) is 0 Å². The molecule has 0 bridgehead atoms. The van der Waals surface area contributed by atoms with Gasteiger partial charge in [-0.3, -0.25) is 0 Å². The lowest BCUT2D eigenvalue weighted by Gasteiger charge is -2.54. The standard InChI is InChI=1S/C15H30N3/c1-4-10-16(11-5-1)18(14-8-3-9-15-18)17-12-6-2-7-13-17/h1-15H2/q+1. The van der Waals surface area contributed by atoms with E-state index in [1.54, 1.807) is 0 Å². The van der Waals surface area contributed by atoms with Crippen LogP contribution in [0.25, 0.3) is 0 Å². The number of hydrogen-bond acceptors (Lipinski definition) is 2. The van der Waals surface area contributed by atoms with Gasteiger partial charge in [0.25, 0.3) is 0 Å². The van der Waals surface area contributed by atoms with Crippen molar-refractivity contribution in [1.82, 2.24) is 10.0 Å². The Balaban J connectivity index is 1.77. The van der Waals surface area contributed by atoms with Crippen LogP contribution in [0.15, 0.2) is 0 Å². The molecule has 104 valence electrons. The molecule has 0 aromatic rings. The fraction of sp³-hybridized carbons (Fsp3) is 1.00. The molecule has 3 heteroatoms. The van der Waals surface area contributed by atoms with E-state index in [1.807, 2.05) is 0 Å². The largest absolute Gasteiger partial charge is 0.166 e. The van der Waals surface area contributed by atoms with Gasteiger partial charge in [-0.2, -0.15) is 4.70 Å². The molecule has 18 heavy (non-hydrogen) atoms. The summed E-state index contributed by atoms with van der Waals surface area (Å²) in [7, 11) is 0. The normalized spacial score (nSPS) is 31.3. The van der Waals surface area contributed by atoms with Gasteiger partial charge in [-0.05, 0) is 32.1 Å². The van der Waals surface area contributed by atoms with Crippen LogP contribution in [0.3, 0.4) is 0 Å². The summed E-state index contributed by atoms with van der Waals surface area (Å²) in [6, 6.07) is 0. The van der Waals surface area contributed by atoms with Crippen molar-refractivity contribution in [2.45, 2.75) is 57.8 Å². The highest BCUT2D eigenvalue weighted by molar-refractivity contribution is 4.64. The Hall–Kier alpha value is -0.120. The summed E-state index contributed by atoms with van der Waals surface area (Å²) in [6.45, 7) is 8.15. The third kappa shape index (κ3) is 2.45. The van der Waals surface area contributed by atoms with Crippen LogP contribution in [0, 0.1) is 0 Å². The van der Waals surface area contributed by atoms with Crippen molar-refractivity contribution in [2.75, 3.05) is 39.3 Å². The molecule has 0 unspecified atom stereocenters. The van der Waals surface area contributed by atoms with Crippen LogP contribution in [-0.2, 0) is 0 Å². The zero-order valence-corrected chi connectivity index (χ0v) is 11.9. The third-order valence-electron chi connectivity index (χ3n) is 5.25. The van der Waals surface area contributed by atoms with E-state index in [2.05, 4.69) is 10.0 Å². The first-order chi connectivity index (χ1) is 8.92. The Morgan fingerprint density at radius 3 is 1.28 bits per heavy atom. The first kappa shape index (κ1) is 12.9. The van der Waals surface area contributed by atoms with Gasteiger partial charge in [0.1, 0.15) is 13.1 Å². The fourth-order valence-corrected chi connectivity index (χ4v) is 4.26. The first-order valence-electron chi connectivity index (χ1n) is 8.30. The van der Waals surface area contributed by atoms with E-state index in [0.29, 0.717) is 0 Å². The van der Waals surface area contributed by atoms with Gasteiger partial charge in [0, 0.05) is 39.0 Å². The van der Waals surface area contributed by atoms with E-state index >= 15 is 0 Å². The molecule has 3 aliphatic rings. The van der Waals surface area contributed by atoms with Crippen LogP contribution in [-0.4, -0.2) is 54.0 Å². The maximum absolute atomic E-state index is 2.83. The number of hydrogen-bond donors (Lipinski definition) is 0. The van der Waals surface area contributed by atoms with E-state index in [4.69, 9.17) is 0 Å². The SMILES string of the molecule is C1CCN([N+]2(N3CCCCC3)CCCCC2)CC1. The summed E-state index contributed by atoms with van der Waals surface area (Å²) >= 11 is 0. The molecule has 0 aromatic carbocycles. The topological polar surface area (TPSA) is 6.48 Å². The van der Waals surface area contributed by atoms with Crippen LogP contribution in [0.5, 0.6) is 0 Å². The quantitative estimate of drug-likeness (QED) is 0.697. The van der Waals surface area contributed by atoms with Gasteiger partial charge in [0.05, 0.1) is 0 Å². The Bertz CT molecular complexity index is 228. The maximum Gasteiger partial charge on any atom is 0.115 e. The van der Waals surface area contributed by atoms with Crippen molar-refractivity contribution in [3.05, 3.63) is 0 Å². The van der Waals surface area contributed by atoms with Gasteiger partial charge in [0.2, 0.25) is 0 Å². The summed E-state index contributed by atoms with van der Waals surface area (Å²) in [4.78, 5) is 0. The molecule has 0 spiro atoms. The molecule has 0 amide bonds. The van der Waals surface area contributed by atoms with Gasteiger partial charge >= 0.3 is 0 Å². The lowest BCUT2D eigenvalue weighted by molar-refractivity contribution is -1.13. The second kappa shape index (κ2) is 5.89. The average molecular weight is 252 g/mol. The summed E-state index contributed by atoms with van der Waals surface area (Å²) in [6.07, 6.45) is 12.9. The van der Waals surface area contributed by atoms with Crippen LogP contribution in [0.1, 0.15) is 57.8 Å². The van der Waals surface area contributed by atoms with Crippen LogP contribution < -0.4 is 0 Å². The number of nitrogens with zero attached hydrogens (tertiary/aromatic N) is 3. The van der Waals surface area contributed by atoms with E-state index < -0.39 is 0 Å². The van der Waals surface area contributed by atoms with Gasteiger partial charge in [-0.15, -0.1) is 10.0 Å². The highest BCUT2D eigenvalue weighted by Gasteiger charge is 2.43. The number of piperidine rings is 3. The monoisotopic (exact) mass is 252 g/mol. The summed E-state index contributed by atoms with van der Waals surface area (Å²) < 4.78 is 1.25. The molecule has 3 aliphatic heterocycles. The fourth-order valence-electron chi connectivity index (χ4n) is 4.26. The summed E-state index contributed by atoms with van der Waals surface area (Å²) in [5.41, 5.74) is 0. The van der Waals surface area contributed by atoms with E-state index in [-0.39, 0.29) is 0 Å². The van der Waals surface area contributed by atoms with Crippen LogP contribution >= 0.6 is 0 Å². The zero-order valence-electron chi connectivity index (χ0n) is 11.9. The number of rotatable bonds is 2. The van der Waals surface area contributed by atoms with Gasteiger partial charge in [-0.1, -0.05) is 12.8 Å². The molecule has 0 radical (unpaired) electrons. The van der Waals surface area contributed by atoms with E-state index in [9.17, 15) is 0 Å². The molecular weight excluding hydrogens is 222 g/mol. The van der Waals surface area contributed by atoms with Gasteiger partial charge in [-0.25, -0.2) is 0 Å². The maximum atomic E-state index is 2.83. The smallest absolute Gasteiger partial charge is 0.115 e. The average Bonchev–Trinajstić information content (AvgIpc) is 2.50. The Morgan fingerprint density at radius 2 is 0.833 bits per heavy atom. The van der Waals surface area contributed by atoms with E-state index in [0.717, 1.165) is 0 Å². The highest BCUT2D eigenvalue weighted by Crippen LogP contribution is 2.30. The van der Waals surface area contributed by atoms with Crippen molar-refractivity contribution in [1.29, 1.82) is 0 Å². The Labute approximate surface area is 112 Å². The highest BCUT2D eigenvalue weighted by atomic mass is 16.0. The molecule has 0 aliphatic carbocycles. The minimum absolute atomic E-state index is 1.25. The van der Waals surface area contributed by atoms with Crippen molar-refractivity contribution >= 4 is 0 Å². The second-order valence-electron chi connectivity index (χ2n) is 6.42. The van der Waals surface area contributed by atoms with Crippen molar-refractivity contribution in [3.8, 4) is 0 Å². The first-order valence-corrected chi connectivity index (χ1v) is 8.30. The molecule has 3 nitrogen and oxygen atoms in total. The van der Waals surface area contributed by atoms with Gasteiger partial charge < -0.3 is 0 Å². The zero-order chi connectivity index (χ0) is 12.3. The lowest BCUT2D eigenvalue weighted by atomic mass is 10.1. The molecule has 0 saturated carbocycles. The predicted octanol–water partition coefficient (Wildman–Crippen LogP) is 2.79. The molecule has 0 aromatic heterocycles. The van der Waals surface area contributed by atoms with Crippen LogP contribution in [0.4, 0.5) is 0 Å². The van der Waals surface area contributed by atoms with Crippen molar-refractivity contribution in [3.63, 3.8) is 0 Å². The Morgan fingerprint density at radius 1 is 0.444 bits per heavy atom. The predicted molar refractivity (Wildman–Crippen MR) is 74.7 cm³/mol. The second-order valence-corrected chi connectivity index (χ2v) is 6.42. The number of quaternary nitrogens is 1. The van der Waals surface area contributed by atoms with Crippen molar-refractivity contribution < 1.29 is 4.70 Å². The lowest BCUT2D eigenvalue weighted by Crippen LogP contribution is -2.72. The molecular formula is C15H30N3+. The summed E-state index contributed by atoms with van der Waals surface area (Å²) in [5, 5.41) is 5.65. The summed E-state index contributed by atoms with van der Waals surface area (Å²) in [5.74, 6) is 0. The molecule has 0 N–H and O–H groups in total. The van der Waals surface area contributed by atoms with Gasteiger partial charge in [0.15, 0.2) is 0 Å². The molecule has 0 atom stereocenters. The molecule has 3 fully saturated rings. The van der Waals surface area contributed by atoms with E-state index in [1.165, 1.54) is 102 Å². The third-order valence-corrected chi connectivity index (χ3v) is 5.25. The molecule has 3 rings (SSSR count). The van der Waals surface area contributed by atoms with Crippen molar-refractivity contribution in [2.24, 2.45) is 0 Å².